The summed E-state index contributed by atoms with van der Waals surface area (Å²) in [5.74, 6) is -2.68. The summed E-state index contributed by atoms with van der Waals surface area (Å²) in [5.41, 5.74) is -0.395. The van der Waals surface area contributed by atoms with Gasteiger partial charge >= 0.3 is 5.97 Å². The maximum atomic E-state index is 12.8. The second-order valence-corrected chi connectivity index (χ2v) is 7.71. The number of hydrogen-bond acceptors (Lipinski definition) is 8. The average Bonchev–Trinajstić information content (AvgIpc) is 2.77. The first-order chi connectivity index (χ1) is 15.0. The maximum absolute atomic E-state index is 12.8. The van der Waals surface area contributed by atoms with Crippen LogP contribution in [0.4, 0.5) is 0 Å². The maximum Gasteiger partial charge on any atom is 0.338 e. The van der Waals surface area contributed by atoms with E-state index in [4.69, 9.17) is 4.74 Å². The van der Waals surface area contributed by atoms with Crippen LogP contribution in [-0.4, -0.2) is 72.0 Å². The van der Waals surface area contributed by atoms with Gasteiger partial charge in [-0.3, -0.25) is 9.59 Å². The molecule has 0 spiro atoms. The quantitative estimate of drug-likeness (QED) is 0.405. The van der Waals surface area contributed by atoms with Crippen LogP contribution in [0, 0.1) is 0 Å². The highest BCUT2D eigenvalue weighted by atomic mass is 16.5. The predicted molar refractivity (Wildman–Crippen MR) is 112 cm³/mol. The molecule has 8 heteroatoms. The summed E-state index contributed by atoms with van der Waals surface area (Å²) in [4.78, 5) is 40.4. The average molecular weight is 424 g/mol. The number of esters is 1. The molecule has 0 radical (unpaired) electrons. The molecule has 0 bridgehead atoms. The van der Waals surface area contributed by atoms with Crippen LogP contribution in [0.1, 0.15) is 55.0 Å². The minimum absolute atomic E-state index is 0.00288. The second-order valence-electron chi connectivity index (χ2n) is 7.71. The number of unbranched alkanes of at least 4 members (excludes halogenated alkanes) is 1. The Labute approximate surface area is 179 Å². The highest BCUT2D eigenvalue weighted by molar-refractivity contribution is 6.30. The first-order valence-electron chi connectivity index (χ1n) is 10.4. The number of benzene rings is 2. The Morgan fingerprint density at radius 3 is 2.48 bits per heavy atom. The van der Waals surface area contributed by atoms with E-state index in [0.717, 1.165) is 45.2 Å². The largest absolute Gasteiger partial charge is 0.507 e. The molecule has 2 aliphatic rings. The normalized spacial score (nSPS) is 16.0. The van der Waals surface area contributed by atoms with Gasteiger partial charge in [0.05, 0.1) is 23.3 Å². The Bertz CT molecular complexity index is 1040. The number of nitrogens with one attached hydrogen (secondary N) is 1. The zero-order valence-corrected chi connectivity index (χ0v) is 17.0. The topological polar surface area (TPSA) is 116 Å². The van der Waals surface area contributed by atoms with Gasteiger partial charge in [0.15, 0.2) is 5.78 Å². The molecule has 0 unspecified atom stereocenters. The van der Waals surface area contributed by atoms with E-state index in [1.165, 1.54) is 24.3 Å². The van der Waals surface area contributed by atoms with Crippen molar-refractivity contribution in [2.75, 3.05) is 39.3 Å². The Morgan fingerprint density at radius 1 is 0.968 bits per heavy atom. The second kappa shape index (κ2) is 8.87. The lowest BCUT2D eigenvalue weighted by Crippen LogP contribution is -2.43. The molecule has 4 rings (SSSR count). The Kier molecular flexibility index (Phi) is 6.01. The smallest absolute Gasteiger partial charge is 0.338 e. The number of nitrogens with zero attached hydrogens (tertiary/aromatic N) is 1. The Morgan fingerprint density at radius 2 is 1.71 bits per heavy atom. The van der Waals surface area contributed by atoms with Crippen LogP contribution in [0.15, 0.2) is 30.3 Å². The number of fused-ring (bicyclic) bond motifs is 2. The number of carbonyl (C=O) groups is 3. The van der Waals surface area contributed by atoms with Crippen LogP contribution in [0.2, 0.25) is 0 Å². The van der Waals surface area contributed by atoms with Crippen LogP contribution in [-0.2, 0) is 4.74 Å². The molecule has 1 saturated heterocycles. The lowest BCUT2D eigenvalue weighted by molar-refractivity contribution is 0.0494. The van der Waals surface area contributed by atoms with E-state index in [-0.39, 0.29) is 40.2 Å². The molecule has 0 amide bonds. The van der Waals surface area contributed by atoms with Gasteiger partial charge in [-0.2, -0.15) is 0 Å². The van der Waals surface area contributed by atoms with Crippen LogP contribution in [0.3, 0.4) is 0 Å². The molecule has 1 heterocycles. The number of ketones is 2. The van der Waals surface area contributed by atoms with Crippen molar-refractivity contribution in [3.05, 3.63) is 58.1 Å². The molecule has 162 valence electrons. The third-order valence-electron chi connectivity index (χ3n) is 5.65. The molecule has 31 heavy (non-hydrogen) atoms. The summed E-state index contributed by atoms with van der Waals surface area (Å²) in [7, 11) is 0. The van der Waals surface area contributed by atoms with E-state index in [2.05, 4.69) is 10.2 Å². The fourth-order valence-electron chi connectivity index (χ4n) is 4.02. The summed E-state index contributed by atoms with van der Waals surface area (Å²) >= 11 is 0. The molecule has 1 aliphatic heterocycles. The van der Waals surface area contributed by atoms with E-state index >= 15 is 0 Å². The van der Waals surface area contributed by atoms with E-state index in [0.29, 0.717) is 6.42 Å². The van der Waals surface area contributed by atoms with Crippen molar-refractivity contribution in [2.24, 2.45) is 0 Å². The Hall–Kier alpha value is -3.23. The van der Waals surface area contributed by atoms with E-state index in [1.54, 1.807) is 0 Å². The van der Waals surface area contributed by atoms with Gasteiger partial charge in [-0.15, -0.1) is 0 Å². The molecule has 0 saturated carbocycles. The minimum Gasteiger partial charge on any atom is -0.507 e. The molecular weight excluding hydrogens is 400 g/mol. The number of aromatic hydroxyl groups is 2. The highest BCUT2D eigenvalue weighted by Gasteiger charge is 2.35. The van der Waals surface area contributed by atoms with Crippen LogP contribution >= 0.6 is 0 Å². The number of phenols is 2. The van der Waals surface area contributed by atoms with Crippen molar-refractivity contribution in [1.82, 2.24) is 10.2 Å². The first-order valence-corrected chi connectivity index (χ1v) is 10.4. The lowest BCUT2D eigenvalue weighted by Gasteiger charge is -2.26. The van der Waals surface area contributed by atoms with Gasteiger partial charge in [0.2, 0.25) is 5.78 Å². The molecule has 2 aromatic carbocycles. The van der Waals surface area contributed by atoms with Crippen LogP contribution in [0.25, 0.3) is 0 Å². The number of ether oxygens (including phenoxy) is 1. The summed E-state index contributed by atoms with van der Waals surface area (Å²) < 4.78 is 5.30. The van der Waals surface area contributed by atoms with Crippen LogP contribution in [0.5, 0.6) is 11.5 Å². The van der Waals surface area contributed by atoms with Gasteiger partial charge in [0.1, 0.15) is 11.5 Å². The highest BCUT2D eigenvalue weighted by Crippen LogP contribution is 2.37. The molecule has 3 N–H and O–H groups in total. The fraction of sp³-hybridized carbons (Fsp3) is 0.348. The number of piperazine rings is 1. The summed E-state index contributed by atoms with van der Waals surface area (Å²) in [6.45, 7) is 5.18. The zero-order chi connectivity index (χ0) is 22.0. The molecule has 1 aliphatic carbocycles. The van der Waals surface area contributed by atoms with E-state index in [9.17, 15) is 24.6 Å². The SMILES string of the molecule is O=C(OCCCCN1CCNCC1)c1cc(O)c2c(c1)C(=O)c1cccc(O)c1C2=O. The van der Waals surface area contributed by atoms with Crippen molar-refractivity contribution >= 4 is 17.5 Å². The molecular formula is C23H24N2O6. The van der Waals surface area contributed by atoms with Gasteiger partial charge in [0, 0.05) is 37.3 Å². The summed E-state index contributed by atoms with van der Waals surface area (Å²) in [5, 5.41) is 23.7. The van der Waals surface area contributed by atoms with Crippen LogP contribution < -0.4 is 5.32 Å². The van der Waals surface area contributed by atoms with Crippen molar-refractivity contribution in [3.8, 4) is 11.5 Å². The van der Waals surface area contributed by atoms with Gasteiger partial charge in [-0.05, 0) is 37.6 Å². The number of rotatable bonds is 6. The third-order valence-corrected chi connectivity index (χ3v) is 5.65. The molecule has 0 aromatic heterocycles. The molecule has 1 fully saturated rings. The predicted octanol–water partition coefficient (Wildman–Crippen LogP) is 1.72. The molecule has 8 nitrogen and oxygen atoms in total. The van der Waals surface area contributed by atoms with Gasteiger partial charge in [-0.1, -0.05) is 12.1 Å². The first kappa shape index (κ1) is 21.0. The zero-order valence-electron chi connectivity index (χ0n) is 17.0. The van der Waals surface area contributed by atoms with Crippen molar-refractivity contribution in [3.63, 3.8) is 0 Å². The van der Waals surface area contributed by atoms with Crippen molar-refractivity contribution < 1.29 is 29.3 Å². The summed E-state index contributed by atoms with van der Waals surface area (Å²) in [6.07, 6.45) is 1.60. The molecule has 2 aromatic rings. The van der Waals surface area contributed by atoms with Crippen molar-refractivity contribution in [1.29, 1.82) is 0 Å². The monoisotopic (exact) mass is 424 g/mol. The van der Waals surface area contributed by atoms with Gasteiger partial charge < -0.3 is 25.2 Å². The van der Waals surface area contributed by atoms with E-state index in [1.807, 2.05) is 0 Å². The number of phenolic OH excluding ortho intramolecular Hbond substituents is 2. The lowest BCUT2D eigenvalue weighted by atomic mass is 9.82. The van der Waals surface area contributed by atoms with Gasteiger partial charge in [0.25, 0.3) is 0 Å². The standard InChI is InChI=1S/C23H24N2O6/c26-17-5-3-4-15-19(17)22(29)20-16(21(15)28)12-14(13-18(20)27)23(30)31-11-2-1-8-25-9-6-24-7-10-25/h3-5,12-13,24,26-27H,1-2,6-11H2. The molecule has 0 atom stereocenters. The Balaban J connectivity index is 1.43. The minimum atomic E-state index is -0.665. The summed E-state index contributed by atoms with van der Waals surface area (Å²) in [6, 6.07) is 6.59. The number of carbonyl (C=O) groups excluding carboxylic acids is 3. The number of hydrogen-bond donors (Lipinski definition) is 3. The third kappa shape index (κ3) is 4.17. The van der Waals surface area contributed by atoms with E-state index < -0.39 is 23.3 Å². The fourth-order valence-corrected chi connectivity index (χ4v) is 4.02. The van der Waals surface area contributed by atoms with Gasteiger partial charge in [-0.25, -0.2) is 4.79 Å². The van der Waals surface area contributed by atoms with Crippen molar-refractivity contribution in [2.45, 2.75) is 12.8 Å².